The fraction of sp³-hybridized carbons (Fsp3) is 0.667. The zero-order valence-corrected chi connectivity index (χ0v) is 8.19. The maximum atomic E-state index is 12.7. The van der Waals surface area contributed by atoms with E-state index in [1.807, 2.05) is 6.92 Å². The molecule has 0 saturated heterocycles. The van der Waals surface area contributed by atoms with Crippen molar-refractivity contribution in [3.05, 3.63) is 11.8 Å². The van der Waals surface area contributed by atoms with Crippen molar-refractivity contribution in [3.8, 4) is 0 Å². The largest absolute Gasteiger partial charge is 0.401 e. The van der Waals surface area contributed by atoms with Crippen LogP contribution in [0.15, 0.2) is 10.6 Å². The minimum absolute atomic E-state index is 0.0778. The molecule has 0 aliphatic heterocycles. The molecule has 1 aliphatic carbocycles. The van der Waals surface area contributed by atoms with Crippen molar-refractivity contribution >= 4 is 5.82 Å². The number of alkyl halides is 3. The number of rotatable bonds is 3. The van der Waals surface area contributed by atoms with Crippen molar-refractivity contribution in [2.45, 2.75) is 31.4 Å². The van der Waals surface area contributed by atoms with E-state index < -0.39 is 11.6 Å². The normalized spacial score (nSPS) is 18.9. The molecule has 1 heterocycles. The highest BCUT2D eigenvalue weighted by Crippen LogP contribution is 2.59. The van der Waals surface area contributed by atoms with E-state index in [9.17, 15) is 13.2 Å². The molecule has 1 fully saturated rings. The molecule has 0 aromatic carbocycles. The van der Waals surface area contributed by atoms with Crippen molar-refractivity contribution in [3.63, 3.8) is 0 Å². The van der Waals surface area contributed by atoms with E-state index in [2.05, 4.69) is 10.5 Å². The number of aromatic nitrogens is 1. The smallest absolute Gasteiger partial charge is 0.368 e. The molecule has 0 radical (unpaired) electrons. The van der Waals surface area contributed by atoms with Crippen LogP contribution in [0.3, 0.4) is 0 Å². The van der Waals surface area contributed by atoms with Gasteiger partial charge < -0.3 is 9.84 Å². The van der Waals surface area contributed by atoms with Crippen molar-refractivity contribution in [2.75, 3.05) is 11.9 Å². The molecule has 0 atom stereocenters. The summed E-state index contributed by atoms with van der Waals surface area (Å²) in [7, 11) is 0. The predicted octanol–water partition coefficient (Wildman–Crippen LogP) is 2.70. The molecule has 6 heteroatoms. The Balaban J connectivity index is 2.23. The van der Waals surface area contributed by atoms with Crippen molar-refractivity contribution in [1.29, 1.82) is 0 Å². The summed E-state index contributed by atoms with van der Waals surface area (Å²) in [5.74, 6) is 0.286. The number of hydrogen-bond acceptors (Lipinski definition) is 3. The van der Waals surface area contributed by atoms with Gasteiger partial charge in [0, 0.05) is 12.6 Å². The number of halogens is 3. The number of nitrogens with one attached hydrogen (secondary N) is 1. The first kappa shape index (κ1) is 10.3. The van der Waals surface area contributed by atoms with Gasteiger partial charge in [-0.1, -0.05) is 5.16 Å². The van der Waals surface area contributed by atoms with Gasteiger partial charge in [0.05, 0.1) is 0 Å². The van der Waals surface area contributed by atoms with Gasteiger partial charge in [0.25, 0.3) is 0 Å². The molecule has 0 unspecified atom stereocenters. The molecule has 84 valence electrons. The minimum atomic E-state index is -4.24. The van der Waals surface area contributed by atoms with E-state index in [0.29, 0.717) is 12.4 Å². The lowest BCUT2D eigenvalue weighted by Gasteiger charge is -2.14. The minimum Gasteiger partial charge on any atom is -0.368 e. The SMILES string of the molecule is CCNc1cc(C2(C(F)(F)F)CC2)on1. The highest BCUT2D eigenvalue weighted by molar-refractivity contribution is 5.38. The van der Waals surface area contributed by atoms with E-state index in [0.717, 1.165) is 0 Å². The van der Waals surface area contributed by atoms with Crippen molar-refractivity contribution in [1.82, 2.24) is 5.16 Å². The van der Waals surface area contributed by atoms with Crippen molar-refractivity contribution < 1.29 is 17.7 Å². The molecule has 1 aromatic rings. The van der Waals surface area contributed by atoms with Crippen LogP contribution in [-0.4, -0.2) is 17.9 Å². The monoisotopic (exact) mass is 220 g/mol. The van der Waals surface area contributed by atoms with Gasteiger partial charge in [0.2, 0.25) is 0 Å². The Kier molecular flexibility index (Phi) is 2.17. The average Bonchev–Trinajstić information content (AvgIpc) is 2.83. The molecule has 15 heavy (non-hydrogen) atoms. The molecular weight excluding hydrogens is 209 g/mol. The standard InChI is InChI=1S/C9H11F3N2O/c1-2-13-7-5-6(15-14-7)8(3-4-8)9(10,11)12/h5H,2-4H2,1H3,(H,13,14). The van der Waals surface area contributed by atoms with Crippen LogP contribution in [0.25, 0.3) is 0 Å². The summed E-state index contributed by atoms with van der Waals surface area (Å²) >= 11 is 0. The molecule has 1 N–H and O–H groups in total. The topological polar surface area (TPSA) is 38.1 Å². The molecule has 1 saturated carbocycles. The van der Waals surface area contributed by atoms with Gasteiger partial charge in [-0.25, -0.2) is 0 Å². The van der Waals surface area contributed by atoms with Gasteiger partial charge >= 0.3 is 6.18 Å². The summed E-state index contributed by atoms with van der Waals surface area (Å²) in [5, 5.41) is 6.35. The third-order valence-corrected chi connectivity index (χ3v) is 2.63. The summed E-state index contributed by atoms with van der Waals surface area (Å²) in [4.78, 5) is 0. The van der Waals surface area contributed by atoms with Gasteiger partial charge in [0.15, 0.2) is 11.6 Å². The zero-order valence-electron chi connectivity index (χ0n) is 8.19. The Hall–Kier alpha value is -1.20. The fourth-order valence-electron chi connectivity index (χ4n) is 1.56. The maximum Gasteiger partial charge on any atom is 0.401 e. The quantitative estimate of drug-likeness (QED) is 0.851. The van der Waals surface area contributed by atoms with Gasteiger partial charge in [-0.3, -0.25) is 0 Å². The summed E-state index contributed by atoms with van der Waals surface area (Å²) in [6.45, 7) is 2.44. The Morgan fingerprint density at radius 3 is 2.67 bits per heavy atom. The van der Waals surface area contributed by atoms with Gasteiger partial charge in [-0.2, -0.15) is 13.2 Å². The van der Waals surface area contributed by atoms with E-state index in [1.54, 1.807) is 0 Å². The average molecular weight is 220 g/mol. The third kappa shape index (κ3) is 1.57. The Morgan fingerprint density at radius 2 is 2.20 bits per heavy atom. The van der Waals surface area contributed by atoms with Crippen LogP contribution in [0.4, 0.5) is 19.0 Å². The second kappa shape index (κ2) is 3.15. The molecule has 0 amide bonds. The van der Waals surface area contributed by atoms with Crippen molar-refractivity contribution in [2.24, 2.45) is 0 Å². The molecule has 0 spiro atoms. The lowest BCUT2D eigenvalue weighted by molar-refractivity contribution is -0.165. The van der Waals surface area contributed by atoms with Gasteiger partial charge in [0.1, 0.15) is 5.41 Å². The van der Waals surface area contributed by atoms with E-state index in [-0.39, 0.29) is 18.6 Å². The molecule has 2 rings (SSSR count). The summed E-state index contributed by atoms with van der Waals surface area (Å²) in [5.41, 5.74) is -1.77. The van der Waals surface area contributed by atoms with Crippen LogP contribution in [0.5, 0.6) is 0 Å². The van der Waals surface area contributed by atoms with Crippen LogP contribution >= 0.6 is 0 Å². The maximum absolute atomic E-state index is 12.7. The first-order chi connectivity index (χ1) is 6.99. The first-order valence-corrected chi connectivity index (χ1v) is 4.77. The molecule has 3 nitrogen and oxygen atoms in total. The Morgan fingerprint density at radius 1 is 1.53 bits per heavy atom. The van der Waals surface area contributed by atoms with E-state index in [4.69, 9.17) is 4.52 Å². The number of nitrogens with zero attached hydrogens (tertiary/aromatic N) is 1. The lowest BCUT2D eigenvalue weighted by atomic mass is 10.0. The third-order valence-electron chi connectivity index (χ3n) is 2.63. The Labute approximate surface area is 84.6 Å². The number of hydrogen-bond donors (Lipinski definition) is 1. The van der Waals surface area contributed by atoms with E-state index in [1.165, 1.54) is 6.07 Å². The highest BCUT2D eigenvalue weighted by atomic mass is 19.4. The van der Waals surface area contributed by atoms with Gasteiger partial charge in [-0.05, 0) is 19.8 Å². The molecule has 1 aliphatic rings. The highest BCUT2D eigenvalue weighted by Gasteiger charge is 2.66. The second-order valence-electron chi connectivity index (χ2n) is 3.69. The molecular formula is C9H11F3N2O. The summed E-state index contributed by atoms with van der Waals surface area (Å²) < 4.78 is 42.7. The second-order valence-corrected chi connectivity index (χ2v) is 3.69. The van der Waals surface area contributed by atoms with E-state index >= 15 is 0 Å². The van der Waals surface area contributed by atoms with Gasteiger partial charge in [-0.15, -0.1) is 0 Å². The van der Waals surface area contributed by atoms with Crippen LogP contribution in [0.2, 0.25) is 0 Å². The Bertz CT molecular complexity index is 354. The van der Waals surface area contributed by atoms with Crippen LogP contribution in [0.1, 0.15) is 25.5 Å². The molecule has 1 aromatic heterocycles. The van der Waals surface area contributed by atoms with Crippen LogP contribution < -0.4 is 5.32 Å². The molecule has 0 bridgehead atoms. The van der Waals surface area contributed by atoms with Crippen LogP contribution in [0, 0.1) is 0 Å². The predicted molar refractivity (Wildman–Crippen MR) is 47.6 cm³/mol. The summed E-state index contributed by atoms with van der Waals surface area (Å²) in [6, 6.07) is 1.34. The first-order valence-electron chi connectivity index (χ1n) is 4.77. The number of anilines is 1. The zero-order chi connectivity index (χ0) is 11.1. The van der Waals surface area contributed by atoms with Crippen LogP contribution in [-0.2, 0) is 5.41 Å². The fourth-order valence-corrected chi connectivity index (χ4v) is 1.56. The lowest BCUT2D eigenvalue weighted by Crippen LogP contribution is -2.28. The summed E-state index contributed by atoms with van der Waals surface area (Å²) in [6.07, 6.45) is -4.05.